The number of imide groups is 1. The number of amides is 2. The fourth-order valence-corrected chi connectivity index (χ4v) is 2.26. The highest BCUT2D eigenvalue weighted by Crippen LogP contribution is 2.32. The summed E-state index contributed by atoms with van der Waals surface area (Å²) in [4.78, 5) is 24.9. The van der Waals surface area contributed by atoms with Crippen LogP contribution in [0.3, 0.4) is 0 Å². The van der Waals surface area contributed by atoms with Crippen LogP contribution in [0.15, 0.2) is 18.2 Å². The zero-order valence-corrected chi connectivity index (χ0v) is 11.3. The van der Waals surface area contributed by atoms with E-state index in [1.807, 2.05) is 0 Å². The van der Waals surface area contributed by atoms with Crippen LogP contribution >= 0.6 is 0 Å². The molecule has 1 aliphatic rings. The summed E-state index contributed by atoms with van der Waals surface area (Å²) >= 11 is 0. The Hall–Kier alpha value is -1.82. The maximum atomic E-state index is 13.2. The van der Waals surface area contributed by atoms with Crippen molar-refractivity contribution < 1.29 is 18.4 Å². The van der Waals surface area contributed by atoms with Gasteiger partial charge in [-0.15, -0.1) is 0 Å². The van der Waals surface area contributed by atoms with Crippen molar-refractivity contribution in [2.45, 2.75) is 26.3 Å². The van der Waals surface area contributed by atoms with Gasteiger partial charge in [0, 0.05) is 19.0 Å². The van der Waals surface area contributed by atoms with E-state index in [2.05, 4.69) is 0 Å². The second-order valence-corrected chi connectivity index (χ2v) is 5.65. The van der Waals surface area contributed by atoms with E-state index >= 15 is 0 Å². The number of carbonyl (C=O) groups is 2. The van der Waals surface area contributed by atoms with Gasteiger partial charge in [-0.25, -0.2) is 8.78 Å². The van der Waals surface area contributed by atoms with Crippen LogP contribution in [0.5, 0.6) is 0 Å². The van der Waals surface area contributed by atoms with Gasteiger partial charge in [0.15, 0.2) is 11.6 Å². The first kappa shape index (κ1) is 14.6. The van der Waals surface area contributed by atoms with Gasteiger partial charge in [-0.1, -0.05) is 19.9 Å². The predicted molar refractivity (Wildman–Crippen MR) is 68.4 cm³/mol. The number of hydrogen-bond acceptors (Lipinski definition) is 3. The molecule has 1 aromatic rings. The van der Waals surface area contributed by atoms with Gasteiger partial charge in [-0.2, -0.15) is 0 Å². The summed E-state index contributed by atoms with van der Waals surface area (Å²) in [6.45, 7) is 3.35. The molecular weight excluding hydrogens is 266 g/mol. The van der Waals surface area contributed by atoms with Gasteiger partial charge in [0.1, 0.15) is 0 Å². The molecule has 0 spiro atoms. The summed E-state index contributed by atoms with van der Waals surface area (Å²) in [7, 11) is 0. The molecule has 1 fully saturated rings. The summed E-state index contributed by atoms with van der Waals surface area (Å²) in [5, 5.41) is 0. The lowest BCUT2D eigenvalue weighted by molar-refractivity contribution is -0.141. The van der Waals surface area contributed by atoms with E-state index in [0.717, 1.165) is 17.0 Å². The van der Waals surface area contributed by atoms with Crippen LogP contribution in [0.2, 0.25) is 0 Å². The molecule has 0 saturated carbocycles. The van der Waals surface area contributed by atoms with Crippen LogP contribution in [0.25, 0.3) is 0 Å². The first-order chi connectivity index (χ1) is 9.22. The van der Waals surface area contributed by atoms with Gasteiger partial charge in [-0.3, -0.25) is 14.5 Å². The second-order valence-electron chi connectivity index (χ2n) is 5.65. The fraction of sp³-hybridized carbons (Fsp3) is 0.429. The van der Waals surface area contributed by atoms with E-state index in [9.17, 15) is 18.4 Å². The summed E-state index contributed by atoms with van der Waals surface area (Å²) in [6, 6.07) is 2.56. The summed E-state index contributed by atoms with van der Waals surface area (Å²) in [5.74, 6) is -2.55. The highest BCUT2D eigenvalue weighted by molar-refractivity contribution is 6.05. The summed E-state index contributed by atoms with van der Waals surface area (Å²) < 4.78 is 26.0. The van der Waals surface area contributed by atoms with E-state index in [4.69, 9.17) is 5.73 Å². The smallest absolute Gasteiger partial charge is 0.235 e. The third-order valence-electron chi connectivity index (χ3n) is 3.47. The molecule has 4 nitrogen and oxygen atoms in total. The number of halogens is 2. The third-order valence-corrected chi connectivity index (χ3v) is 3.47. The third kappa shape index (κ3) is 2.56. The average Bonchev–Trinajstić information content (AvgIpc) is 2.55. The number of nitrogens with two attached hydrogens (primary N) is 1. The quantitative estimate of drug-likeness (QED) is 0.859. The fourth-order valence-electron chi connectivity index (χ4n) is 2.26. The van der Waals surface area contributed by atoms with Crippen molar-refractivity contribution in [3.63, 3.8) is 0 Å². The molecule has 2 amide bonds. The van der Waals surface area contributed by atoms with Gasteiger partial charge in [0.05, 0.1) is 5.41 Å². The normalized spacial score (nSPS) is 19.6. The first-order valence-electron chi connectivity index (χ1n) is 6.28. The number of nitrogens with zero attached hydrogens (tertiary/aromatic N) is 1. The highest BCUT2D eigenvalue weighted by atomic mass is 19.2. The lowest BCUT2D eigenvalue weighted by atomic mass is 9.92. The second kappa shape index (κ2) is 4.94. The minimum absolute atomic E-state index is 0.0355. The van der Waals surface area contributed by atoms with Crippen molar-refractivity contribution in [1.82, 2.24) is 4.90 Å². The number of benzene rings is 1. The molecule has 2 rings (SSSR count). The van der Waals surface area contributed by atoms with Crippen molar-refractivity contribution in [2.24, 2.45) is 11.1 Å². The Morgan fingerprint density at radius 2 is 1.95 bits per heavy atom. The predicted octanol–water partition coefficient (Wildman–Crippen LogP) is 1.75. The molecule has 20 heavy (non-hydrogen) atoms. The number of carbonyl (C=O) groups excluding carboxylic acids is 2. The van der Waals surface area contributed by atoms with Crippen molar-refractivity contribution in [3.8, 4) is 0 Å². The summed E-state index contributed by atoms with van der Waals surface area (Å²) in [5.41, 5.74) is 5.48. The highest BCUT2D eigenvalue weighted by Gasteiger charge is 2.45. The Kier molecular flexibility index (Phi) is 3.60. The molecular formula is C14H16F2N2O2. The van der Waals surface area contributed by atoms with Crippen LogP contribution < -0.4 is 5.73 Å². The molecule has 1 heterocycles. The first-order valence-corrected chi connectivity index (χ1v) is 6.28. The van der Waals surface area contributed by atoms with Crippen LogP contribution in [0.4, 0.5) is 8.78 Å². The topological polar surface area (TPSA) is 63.4 Å². The van der Waals surface area contributed by atoms with Crippen molar-refractivity contribution in [2.75, 3.05) is 6.54 Å². The zero-order valence-electron chi connectivity index (χ0n) is 11.3. The van der Waals surface area contributed by atoms with E-state index < -0.39 is 23.1 Å². The molecule has 0 aliphatic carbocycles. The number of rotatable bonds is 3. The average molecular weight is 282 g/mol. The molecule has 1 saturated heterocycles. The Labute approximate surface area is 115 Å². The monoisotopic (exact) mass is 282 g/mol. The molecule has 0 aromatic heterocycles. The Balaban J connectivity index is 2.15. The van der Waals surface area contributed by atoms with E-state index in [-0.39, 0.29) is 24.8 Å². The number of likely N-dealkylation sites (tertiary alicyclic amines) is 1. The van der Waals surface area contributed by atoms with Crippen LogP contribution in [-0.4, -0.2) is 23.3 Å². The van der Waals surface area contributed by atoms with Gasteiger partial charge in [-0.05, 0) is 17.7 Å². The molecule has 1 aliphatic heterocycles. The largest absolute Gasteiger partial charge is 0.322 e. The lowest BCUT2D eigenvalue weighted by Crippen LogP contribution is -2.38. The molecule has 2 N–H and O–H groups in total. The molecule has 1 unspecified atom stereocenters. The Morgan fingerprint density at radius 1 is 1.30 bits per heavy atom. The summed E-state index contributed by atoms with van der Waals surface area (Å²) in [6.07, 6.45) is 0.135. The van der Waals surface area contributed by atoms with Crippen molar-refractivity contribution in [1.29, 1.82) is 0 Å². The molecule has 1 atom stereocenters. The van der Waals surface area contributed by atoms with E-state index in [1.54, 1.807) is 13.8 Å². The standard InChI is InChI=1S/C14H16F2N2O2/c1-14(2)6-12(19)18(13(14)20)7-11(17)8-3-4-9(15)10(16)5-8/h3-5,11H,6-7,17H2,1-2H3. The maximum absolute atomic E-state index is 13.2. The molecule has 0 radical (unpaired) electrons. The van der Waals surface area contributed by atoms with Crippen LogP contribution in [-0.2, 0) is 9.59 Å². The molecule has 0 bridgehead atoms. The van der Waals surface area contributed by atoms with Gasteiger partial charge in [0.25, 0.3) is 0 Å². The maximum Gasteiger partial charge on any atom is 0.235 e. The van der Waals surface area contributed by atoms with Crippen LogP contribution in [0, 0.1) is 17.0 Å². The molecule has 108 valence electrons. The van der Waals surface area contributed by atoms with Crippen molar-refractivity contribution in [3.05, 3.63) is 35.4 Å². The van der Waals surface area contributed by atoms with Gasteiger partial charge in [0.2, 0.25) is 11.8 Å². The SMILES string of the molecule is CC1(C)CC(=O)N(CC(N)c2ccc(F)c(F)c2)C1=O. The van der Waals surface area contributed by atoms with E-state index in [1.165, 1.54) is 6.07 Å². The van der Waals surface area contributed by atoms with Gasteiger partial charge < -0.3 is 5.73 Å². The number of hydrogen-bond donors (Lipinski definition) is 1. The molecule has 6 heteroatoms. The Morgan fingerprint density at radius 3 is 2.45 bits per heavy atom. The molecule has 1 aromatic carbocycles. The lowest BCUT2D eigenvalue weighted by Gasteiger charge is -2.21. The van der Waals surface area contributed by atoms with E-state index in [0.29, 0.717) is 5.56 Å². The minimum atomic E-state index is -1.00. The zero-order chi connectivity index (χ0) is 15.1. The Bertz CT molecular complexity index is 572. The van der Waals surface area contributed by atoms with Gasteiger partial charge >= 0.3 is 0 Å². The minimum Gasteiger partial charge on any atom is -0.322 e. The van der Waals surface area contributed by atoms with Crippen molar-refractivity contribution >= 4 is 11.8 Å². The van der Waals surface area contributed by atoms with Crippen LogP contribution in [0.1, 0.15) is 31.9 Å².